The summed E-state index contributed by atoms with van der Waals surface area (Å²) in [4.78, 5) is 2.42. The van der Waals surface area contributed by atoms with Crippen LogP contribution in [0.1, 0.15) is 38.5 Å². The lowest BCUT2D eigenvalue weighted by Gasteiger charge is -2.40. The van der Waals surface area contributed by atoms with Crippen molar-refractivity contribution in [3.63, 3.8) is 0 Å². The van der Waals surface area contributed by atoms with Crippen molar-refractivity contribution in [1.29, 1.82) is 0 Å². The Morgan fingerprint density at radius 2 is 1.81 bits per heavy atom. The first-order chi connectivity index (χ1) is 10.1. The van der Waals surface area contributed by atoms with Crippen molar-refractivity contribution in [3.8, 4) is 0 Å². The quantitative estimate of drug-likeness (QED) is 0.657. The van der Waals surface area contributed by atoms with Crippen molar-refractivity contribution in [3.05, 3.63) is 26.7 Å². The van der Waals surface area contributed by atoms with Gasteiger partial charge < -0.3 is 10.2 Å². The fraction of sp³-hybridized carbons (Fsp3) is 0.625. The zero-order valence-corrected chi connectivity index (χ0v) is 15.2. The highest BCUT2D eigenvalue weighted by Crippen LogP contribution is 2.40. The lowest BCUT2D eigenvalue weighted by atomic mass is 9.81. The Bertz CT molecular complexity index is 515. The molecule has 0 amide bonds. The van der Waals surface area contributed by atoms with E-state index >= 15 is 0 Å². The molecule has 0 unspecified atom stereocenters. The monoisotopic (exact) mass is 390 g/mol. The first kappa shape index (κ1) is 15.9. The Hall–Kier alpha value is 0.0400. The minimum atomic E-state index is 0.262. The zero-order chi connectivity index (χ0) is 14.9. The number of hydrogen-bond acceptors (Lipinski definition) is 2. The highest BCUT2D eigenvalue weighted by atomic mass is 79.9. The van der Waals surface area contributed by atoms with E-state index in [1.54, 1.807) is 0 Å². The fourth-order valence-corrected chi connectivity index (χ4v) is 4.54. The molecule has 116 valence electrons. The summed E-state index contributed by atoms with van der Waals surface area (Å²) in [5.74, 6) is 0. The Morgan fingerprint density at radius 1 is 1.05 bits per heavy atom. The maximum absolute atomic E-state index is 6.49. The summed E-state index contributed by atoms with van der Waals surface area (Å²) in [6.45, 7) is 3.16. The molecule has 1 saturated heterocycles. The molecule has 2 aliphatic rings. The van der Waals surface area contributed by atoms with Gasteiger partial charge in [-0.25, -0.2) is 0 Å². The van der Waals surface area contributed by atoms with E-state index in [-0.39, 0.29) is 5.54 Å². The molecule has 3 rings (SSSR count). The highest BCUT2D eigenvalue weighted by Gasteiger charge is 2.35. The van der Waals surface area contributed by atoms with Gasteiger partial charge in [-0.3, -0.25) is 0 Å². The maximum Gasteiger partial charge on any atom is 0.0837 e. The fourth-order valence-electron chi connectivity index (χ4n) is 3.65. The Kier molecular flexibility index (Phi) is 5.04. The van der Waals surface area contributed by atoms with Crippen LogP contribution in [0.5, 0.6) is 0 Å². The van der Waals surface area contributed by atoms with Gasteiger partial charge >= 0.3 is 0 Å². The van der Waals surface area contributed by atoms with Crippen LogP contribution in [0.2, 0.25) is 10.0 Å². The third kappa shape index (κ3) is 3.36. The van der Waals surface area contributed by atoms with Crippen molar-refractivity contribution in [2.45, 2.75) is 44.1 Å². The second-order valence-electron chi connectivity index (χ2n) is 6.24. The van der Waals surface area contributed by atoms with E-state index in [0.717, 1.165) is 36.2 Å². The van der Waals surface area contributed by atoms with Gasteiger partial charge in [-0.15, -0.1) is 0 Å². The number of rotatable bonds is 1. The molecule has 2 nitrogen and oxygen atoms in total. The number of hydrogen-bond donors (Lipinski definition) is 1. The number of benzene rings is 1. The molecular formula is C16H21BrCl2N2. The second-order valence-corrected chi connectivity index (χ2v) is 7.85. The summed E-state index contributed by atoms with van der Waals surface area (Å²) in [7, 11) is 0. The van der Waals surface area contributed by atoms with Gasteiger partial charge in [0.05, 0.1) is 15.7 Å². The van der Waals surface area contributed by atoms with Crippen molar-refractivity contribution in [2.24, 2.45) is 0 Å². The molecule has 0 radical (unpaired) electrons. The summed E-state index contributed by atoms with van der Waals surface area (Å²) in [5, 5.41) is 5.10. The predicted molar refractivity (Wildman–Crippen MR) is 94.8 cm³/mol. The molecule has 0 atom stereocenters. The predicted octanol–water partition coefficient (Wildman–Crippen LogP) is 5.26. The number of halogens is 3. The molecular weight excluding hydrogens is 371 g/mol. The lowest BCUT2D eigenvalue weighted by molar-refractivity contribution is 0.246. The van der Waals surface area contributed by atoms with Crippen LogP contribution in [-0.4, -0.2) is 25.2 Å². The second kappa shape index (κ2) is 6.66. The lowest BCUT2D eigenvalue weighted by Crippen LogP contribution is -2.52. The molecule has 1 heterocycles. The van der Waals surface area contributed by atoms with Crippen molar-refractivity contribution < 1.29 is 0 Å². The maximum atomic E-state index is 6.49. The van der Waals surface area contributed by atoms with Gasteiger partial charge in [-0.1, -0.05) is 42.5 Å². The summed E-state index contributed by atoms with van der Waals surface area (Å²) >= 11 is 16.2. The standard InChI is InChI=1S/C16H21BrCl2N2/c17-12-5-6-13(15(19)14(12)18)21-10-4-9-20-16(11-21)7-2-1-3-8-16/h5-6,20H,1-4,7-11H2. The van der Waals surface area contributed by atoms with Crippen LogP contribution in [0, 0.1) is 0 Å². The summed E-state index contributed by atoms with van der Waals surface area (Å²) in [6, 6.07) is 4.08. The van der Waals surface area contributed by atoms with E-state index in [0.29, 0.717) is 10.0 Å². The smallest absolute Gasteiger partial charge is 0.0837 e. The molecule has 21 heavy (non-hydrogen) atoms. The van der Waals surface area contributed by atoms with E-state index in [2.05, 4.69) is 32.2 Å². The normalized spacial score (nSPS) is 22.3. The molecule has 1 saturated carbocycles. The van der Waals surface area contributed by atoms with E-state index in [1.165, 1.54) is 32.1 Å². The summed E-state index contributed by atoms with van der Waals surface area (Å²) < 4.78 is 0.859. The van der Waals surface area contributed by atoms with Crippen LogP contribution in [0.4, 0.5) is 5.69 Å². The van der Waals surface area contributed by atoms with Gasteiger partial charge in [0.15, 0.2) is 0 Å². The molecule has 1 aliphatic heterocycles. The molecule has 1 aromatic carbocycles. The number of anilines is 1. The SMILES string of the molecule is Clc1c(Br)ccc(N2CCCNC3(CCCCC3)C2)c1Cl. The highest BCUT2D eigenvalue weighted by molar-refractivity contribution is 9.10. The molecule has 1 aromatic rings. The van der Waals surface area contributed by atoms with E-state index in [4.69, 9.17) is 23.2 Å². The Labute approximate surface area is 145 Å². The molecule has 0 bridgehead atoms. The van der Waals surface area contributed by atoms with Crippen LogP contribution in [0.3, 0.4) is 0 Å². The van der Waals surface area contributed by atoms with Crippen LogP contribution >= 0.6 is 39.1 Å². The molecule has 0 aromatic heterocycles. The first-order valence-corrected chi connectivity index (χ1v) is 9.30. The average molecular weight is 392 g/mol. The Morgan fingerprint density at radius 3 is 2.57 bits per heavy atom. The van der Waals surface area contributed by atoms with Gasteiger partial charge in [-0.05, 0) is 53.9 Å². The van der Waals surface area contributed by atoms with Gasteiger partial charge in [0, 0.05) is 23.1 Å². The van der Waals surface area contributed by atoms with Crippen molar-refractivity contribution in [1.82, 2.24) is 5.32 Å². The van der Waals surface area contributed by atoms with Crippen LogP contribution < -0.4 is 10.2 Å². The largest absolute Gasteiger partial charge is 0.368 e. The first-order valence-electron chi connectivity index (χ1n) is 7.75. The third-order valence-corrected chi connectivity index (χ3v) is 6.53. The van der Waals surface area contributed by atoms with Gasteiger partial charge in [-0.2, -0.15) is 0 Å². The van der Waals surface area contributed by atoms with Crippen molar-refractivity contribution in [2.75, 3.05) is 24.5 Å². The summed E-state index contributed by atoms with van der Waals surface area (Å²) in [6.07, 6.45) is 7.71. The minimum Gasteiger partial charge on any atom is -0.368 e. The summed E-state index contributed by atoms with van der Waals surface area (Å²) in [5.41, 5.74) is 1.33. The molecule has 1 spiro atoms. The minimum absolute atomic E-state index is 0.262. The molecule has 1 aliphatic carbocycles. The van der Waals surface area contributed by atoms with E-state index in [1.807, 2.05) is 6.07 Å². The van der Waals surface area contributed by atoms with Crippen LogP contribution in [-0.2, 0) is 0 Å². The van der Waals surface area contributed by atoms with Crippen LogP contribution in [0.25, 0.3) is 0 Å². The Balaban J connectivity index is 1.88. The topological polar surface area (TPSA) is 15.3 Å². The van der Waals surface area contributed by atoms with Gasteiger partial charge in [0.2, 0.25) is 0 Å². The van der Waals surface area contributed by atoms with Crippen LogP contribution in [0.15, 0.2) is 16.6 Å². The number of nitrogens with zero attached hydrogens (tertiary/aromatic N) is 1. The van der Waals surface area contributed by atoms with Gasteiger partial charge in [0.25, 0.3) is 0 Å². The number of nitrogens with one attached hydrogen (secondary N) is 1. The molecule has 2 fully saturated rings. The van der Waals surface area contributed by atoms with E-state index < -0.39 is 0 Å². The molecule has 5 heteroatoms. The van der Waals surface area contributed by atoms with Crippen molar-refractivity contribution >= 4 is 44.8 Å². The van der Waals surface area contributed by atoms with Gasteiger partial charge in [0.1, 0.15) is 0 Å². The molecule has 1 N–H and O–H groups in total. The zero-order valence-electron chi connectivity index (χ0n) is 12.1. The third-order valence-electron chi connectivity index (χ3n) is 4.76. The van der Waals surface area contributed by atoms with E-state index in [9.17, 15) is 0 Å². The average Bonchev–Trinajstić information content (AvgIpc) is 2.69.